The minimum absolute atomic E-state index is 0.0382. The number of hydrogen-bond acceptors (Lipinski definition) is 6. The van der Waals surface area contributed by atoms with Gasteiger partial charge in [-0.05, 0) is 30.7 Å². The van der Waals surface area contributed by atoms with Crippen LogP contribution in [-0.2, 0) is 16.0 Å². The molecule has 7 nitrogen and oxygen atoms in total. The number of benzene rings is 2. The van der Waals surface area contributed by atoms with Crippen molar-refractivity contribution in [1.29, 1.82) is 0 Å². The molecule has 0 amide bonds. The Morgan fingerprint density at radius 2 is 2.03 bits per heavy atom. The minimum Gasteiger partial charge on any atom is -0.465 e. The smallest absolute Gasteiger partial charge is 0.340 e. The van der Waals surface area contributed by atoms with E-state index in [1.807, 2.05) is 13.0 Å². The third kappa shape index (κ3) is 5.11. The van der Waals surface area contributed by atoms with Gasteiger partial charge in [0.25, 0.3) is 0 Å². The molecule has 1 aliphatic rings. The van der Waals surface area contributed by atoms with Crippen molar-refractivity contribution in [2.45, 2.75) is 13.5 Å². The van der Waals surface area contributed by atoms with Crippen LogP contribution in [0.1, 0.15) is 15.9 Å². The maximum absolute atomic E-state index is 15.5. The van der Waals surface area contributed by atoms with Crippen LogP contribution >= 0.6 is 11.6 Å². The van der Waals surface area contributed by atoms with Crippen molar-refractivity contribution >= 4 is 40.0 Å². The van der Waals surface area contributed by atoms with Crippen molar-refractivity contribution in [2.24, 2.45) is 0 Å². The van der Waals surface area contributed by atoms with Crippen molar-refractivity contribution in [3.8, 4) is 11.8 Å². The average molecular weight is 471 g/mol. The molecule has 0 unspecified atom stereocenters. The Balaban J connectivity index is 1.64. The fourth-order valence-corrected chi connectivity index (χ4v) is 3.88. The van der Waals surface area contributed by atoms with Crippen LogP contribution in [0.15, 0.2) is 30.6 Å². The Morgan fingerprint density at radius 3 is 2.76 bits per heavy atom. The van der Waals surface area contributed by atoms with Gasteiger partial charge in [0, 0.05) is 13.1 Å². The number of ether oxygens (including phenoxy) is 2. The van der Waals surface area contributed by atoms with Crippen LogP contribution in [0, 0.1) is 24.6 Å². The molecule has 0 spiro atoms. The van der Waals surface area contributed by atoms with E-state index < -0.39 is 11.8 Å². The highest BCUT2D eigenvalue weighted by Crippen LogP contribution is 2.34. The number of methoxy groups -OCH3 is 1. The Morgan fingerprint density at radius 1 is 1.27 bits per heavy atom. The number of aryl methyl sites for hydroxylation is 1. The second-order valence-corrected chi connectivity index (χ2v) is 8.10. The summed E-state index contributed by atoms with van der Waals surface area (Å²) in [7, 11) is 1.25. The van der Waals surface area contributed by atoms with Gasteiger partial charge < -0.3 is 19.4 Å². The lowest BCUT2D eigenvalue weighted by Gasteiger charge is -2.24. The summed E-state index contributed by atoms with van der Waals surface area (Å²) in [6.07, 6.45) is 1.51. The van der Waals surface area contributed by atoms with Crippen molar-refractivity contribution < 1.29 is 18.7 Å². The number of hydrogen-bond donors (Lipinski definition) is 1. The number of aromatic nitrogens is 2. The topological polar surface area (TPSA) is 68.6 Å². The number of nitrogens with zero attached hydrogens (tertiary/aromatic N) is 3. The molecule has 2 aromatic carbocycles. The Kier molecular flexibility index (Phi) is 7.14. The van der Waals surface area contributed by atoms with E-state index in [4.69, 9.17) is 21.1 Å². The van der Waals surface area contributed by atoms with Crippen LogP contribution < -0.4 is 5.32 Å². The summed E-state index contributed by atoms with van der Waals surface area (Å²) in [6, 6.07) is 6.88. The SMILES string of the molecule is COC(=O)c1cc2c(ncn2CC#CCN2CCOCC2)c(F)c1Nc1ccc(C)cc1Cl. The largest absolute Gasteiger partial charge is 0.465 e. The van der Waals surface area contributed by atoms with E-state index in [-0.39, 0.29) is 16.8 Å². The quantitative estimate of drug-likeness (QED) is 0.449. The Hall–Kier alpha value is -3.12. The van der Waals surface area contributed by atoms with Gasteiger partial charge in [0.1, 0.15) is 5.52 Å². The standard InChI is InChI=1S/C24H24ClFN4O3/c1-16-5-6-19(18(25)13-16)28-22-17(24(31)32-2)14-20-23(21(22)26)27-15-30(20)8-4-3-7-29-9-11-33-12-10-29/h5-6,13-15,28H,7-12H2,1-2H3. The molecule has 33 heavy (non-hydrogen) atoms. The first-order chi connectivity index (χ1) is 16.0. The first kappa shape index (κ1) is 23.1. The molecule has 1 aromatic heterocycles. The van der Waals surface area contributed by atoms with E-state index in [0.717, 1.165) is 18.7 Å². The average Bonchev–Trinajstić information content (AvgIpc) is 3.23. The number of imidazole rings is 1. The number of morpholine rings is 1. The monoisotopic (exact) mass is 470 g/mol. The van der Waals surface area contributed by atoms with Crippen molar-refractivity contribution in [2.75, 3.05) is 45.3 Å². The number of carbonyl (C=O) groups excluding carboxylic acids is 1. The molecule has 0 bridgehead atoms. The molecular weight excluding hydrogens is 447 g/mol. The molecule has 4 rings (SSSR count). The van der Waals surface area contributed by atoms with E-state index in [1.54, 1.807) is 22.8 Å². The molecule has 0 aliphatic carbocycles. The Bertz CT molecular complexity index is 1240. The van der Waals surface area contributed by atoms with Crippen molar-refractivity contribution in [3.63, 3.8) is 0 Å². The minimum atomic E-state index is -0.673. The normalized spacial score (nSPS) is 14.1. The van der Waals surface area contributed by atoms with Crippen molar-refractivity contribution in [3.05, 3.63) is 52.6 Å². The zero-order valence-electron chi connectivity index (χ0n) is 18.5. The number of esters is 1. The summed E-state index contributed by atoms with van der Waals surface area (Å²) in [4.78, 5) is 18.9. The molecule has 172 valence electrons. The summed E-state index contributed by atoms with van der Waals surface area (Å²) < 4.78 is 27.5. The lowest BCUT2D eigenvalue weighted by atomic mass is 10.1. The predicted octanol–water partition coefficient (Wildman–Crippen LogP) is 4.00. The lowest BCUT2D eigenvalue weighted by Crippen LogP contribution is -2.36. The molecule has 0 atom stereocenters. The van der Waals surface area contributed by atoms with Gasteiger partial charge in [0.2, 0.25) is 0 Å². The maximum atomic E-state index is 15.5. The number of fused-ring (bicyclic) bond motifs is 1. The molecule has 0 saturated carbocycles. The summed E-state index contributed by atoms with van der Waals surface area (Å²) in [5.41, 5.74) is 2.02. The van der Waals surface area contributed by atoms with Gasteiger partial charge in [-0.15, -0.1) is 0 Å². The fourth-order valence-electron chi connectivity index (χ4n) is 3.60. The second-order valence-electron chi connectivity index (χ2n) is 7.70. The highest BCUT2D eigenvalue weighted by molar-refractivity contribution is 6.33. The van der Waals surface area contributed by atoms with Gasteiger partial charge in [0.05, 0.1) is 67.2 Å². The van der Waals surface area contributed by atoms with E-state index >= 15 is 4.39 Å². The highest BCUT2D eigenvalue weighted by atomic mass is 35.5. The van der Waals surface area contributed by atoms with Crippen LogP contribution in [0.3, 0.4) is 0 Å². The van der Waals surface area contributed by atoms with Gasteiger partial charge in [-0.3, -0.25) is 4.90 Å². The molecule has 1 saturated heterocycles. The number of rotatable bonds is 5. The van der Waals surface area contributed by atoms with Gasteiger partial charge >= 0.3 is 5.97 Å². The van der Waals surface area contributed by atoms with E-state index in [1.165, 1.54) is 13.4 Å². The highest BCUT2D eigenvalue weighted by Gasteiger charge is 2.23. The van der Waals surface area contributed by atoms with Crippen LogP contribution in [0.4, 0.5) is 15.8 Å². The van der Waals surface area contributed by atoms with Gasteiger partial charge in [-0.1, -0.05) is 29.5 Å². The lowest BCUT2D eigenvalue weighted by molar-refractivity contribution is 0.0443. The fraction of sp³-hybridized carbons (Fsp3) is 0.333. The van der Waals surface area contributed by atoms with Crippen LogP contribution in [-0.4, -0.2) is 60.4 Å². The molecule has 1 N–H and O–H groups in total. The number of nitrogens with one attached hydrogen (secondary N) is 1. The molecule has 1 aliphatic heterocycles. The first-order valence-electron chi connectivity index (χ1n) is 10.5. The number of halogens is 2. The first-order valence-corrected chi connectivity index (χ1v) is 10.9. The maximum Gasteiger partial charge on any atom is 0.340 e. The third-order valence-corrected chi connectivity index (χ3v) is 5.74. The second kappa shape index (κ2) is 10.2. The van der Waals surface area contributed by atoms with Gasteiger partial charge in [-0.2, -0.15) is 0 Å². The molecule has 0 radical (unpaired) electrons. The zero-order valence-corrected chi connectivity index (χ0v) is 19.2. The molecule has 1 fully saturated rings. The molecular formula is C24H24ClFN4O3. The van der Waals surface area contributed by atoms with Crippen molar-refractivity contribution in [1.82, 2.24) is 14.5 Å². The molecule has 3 aromatic rings. The summed E-state index contributed by atoms with van der Waals surface area (Å²) in [5, 5.41) is 3.35. The molecule has 2 heterocycles. The van der Waals surface area contributed by atoms with Gasteiger partial charge in [0.15, 0.2) is 5.82 Å². The van der Waals surface area contributed by atoms with Crippen LogP contribution in [0.25, 0.3) is 11.0 Å². The van der Waals surface area contributed by atoms with Gasteiger partial charge in [-0.25, -0.2) is 14.2 Å². The third-order valence-electron chi connectivity index (χ3n) is 5.43. The van der Waals surface area contributed by atoms with E-state index in [0.29, 0.717) is 42.5 Å². The summed E-state index contributed by atoms with van der Waals surface area (Å²) >= 11 is 6.30. The Labute approximate surface area is 196 Å². The predicted molar refractivity (Wildman–Crippen MR) is 126 cm³/mol. The summed E-state index contributed by atoms with van der Waals surface area (Å²) in [5.74, 6) is 4.89. The zero-order chi connectivity index (χ0) is 23.4. The summed E-state index contributed by atoms with van der Waals surface area (Å²) in [6.45, 7) is 6.01. The van der Waals surface area contributed by atoms with Crippen LogP contribution in [0.2, 0.25) is 5.02 Å². The van der Waals surface area contributed by atoms with Crippen LogP contribution in [0.5, 0.6) is 0 Å². The number of carbonyl (C=O) groups is 1. The van der Waals surface area contributed by atoms with E-state index in [9.17, 15) is 4.79 Å². The number of anilines is 2. The molecule has 9 heteroatoms. The van der Waals surface area contributed by atoms with E-state index in [2.05, 4.69) is 27.0 Å².